The Bertz CT molecular complexity index is 788. The number of halogens is 1. The number of pyridine rings is 1. The van der Waals surface area contributed by atoms with E-state index in [0.29, 0.717) is 22.4 Å². The molecule has 1 aliphatic rings. The summed E-state index contributed by atoms with van der Waals surface area (Å²) in [7, 11) is 0. The summed E-state index contributed by atoms with van der Waals surface area (Å²) in [4.78, 5) is 27.3. The van der Waals surface area contributed by atoms with Gasteiger partial charge in [0, 0.05) is 11.1 Å². The summed E-state index contributed by atoms with van der Waals surface area (Å²) in [5.41, 5.74) is 0.851. The van der Waals surface area contributed by atoms with Crippen molar-refractivity contribution in [2.45, 2.75) is 0 Å². The first kappa shape index (κ1) is 15.1. The number of nitrogens with zero attached hydrogens (tertiary/aromatic N) is 1. The lowest BCUT2D eigenvalue weighted by Gasteiger charge is -2.17. The monoisotopic (exact) mass is 329 g/mol. The highest BCUT2D eigenvalue weighted by atomic mass is 35.5. The standard InChI is InChI=1S/C16H12ClN3O3/c17-11-4-1-10(2-5-11)3-8-14(21)18-13-7-6-12-16(19-13)20-15(22)9-23-12/h1-8H,9H2,(H2,18,19,20,21,22)/b8-3+. The van der Waals surface area contributed by atoms with E-state index in [4.69, 9.17) is 16.3 Å². The molecule has 0 spiro atoms. The van der Waals surface area contributed by atoms with E-state index in [1.807, 2.05) is 0 Å². The lowest BCUT2D eigenvalue weighted by atomic mass is 10.2. The third-order valence-electron chi connectivity index (χ3n) is 3.02. The fourth-order valence-electron chi connectivity index (χ4n) is 1.95. The zero-order chi connectivity index (χ0) is 16.2. The van der Waals surface area contributed by atoms with Crippen molar-refractivity contribution in [3.05, 3.63) is 53.1 Å². The van der Waals surface area contributed by atoms with Gasteiger partial charge in [-0.15, -0.1) is 0 Å². The van der Waals surface area contributed by atoms with Gasteiger partial charge in [0.2, 0.25) is 5.91 Å². The summed E-state index contributed by atoms with van der Waals surface area (Å²) in [6.07, 6.45) is 3.05. The topological polar surface area (TPSA) is 80.3 Å². The SMILES string of the molecule is O=C(/C=C/c1ccc(Cl)cc1)Nc1ccc2c(n1)NC(=O)CO2. The van der Waals surface area contributed by atoms with Crippen molar-refractivity contribution in [1.82, 2.24) is 4.98 Å². The molecule has 0 radical (unpaired) electrons. The molecule has 1 aliphatic heterocycles. The molecule has 1 aromatic carbocycles. The fourth-order valence-corrected chi connectivity index (χ4v) is 2.07. The number of aromatic nitrogens is 1. The van der Waals surface area contributed by atoms with Gasteiger partial charge in [-0.1, -0.05) is 23.7 Å². The van der Waals surface area contributed by atoms with Crippen LogP contribution in [0.1, 0.15) is 5.56 Å². The van der Waals surface area contributed by atoms with Gasteiger partial charge >= 0.3 is 0 Å². The van der Waals surface area contributed by atoms with Gasteiger partial charge in [-0.25, -0.2) is 4.98 Å². The van der Waals surface area contributed by atoms with Crippen LogP contribution in [0.3, 0.4) is 0 Å². The lowest BCUT2D eigenvalue weighted by molar-refractivity contribution is -0.118. The second kappa shape index (κ2) is 6.50. The molecular formula is C16H12ClN3O3. The Balaban J connectivity index is 1.67. The van der Waals surface area contributed by atoms with E-state index in [-0.39, 0.29) is 18.4 Å². The van der Waals surface area contributed by atoms with Crippen molar-refractivity contribution in [3.8, 4) is 5.75 Å². The van der Waals surface area contributed by atoms with Crippen LogP contribution in [-0.4, -0.2) is 23.4 Å². The minimum absolute atomic E-state index is 0.0375. The summed E-state index contributed by atoms with van der Waals surface area (Å²) in [5.74, 6) is 0.465. The lowest BCUT2D eigenvalue weighted by Crippen LogP contribution is -2.26. The maximum atomic E-state index is 11.9. The molecule has 0 bridgehead atoms. The van der Waals surface area contributed by atoms with E-state index in [9.17, 15) is 9.59 Å². The Morgan fingerprint density at radius 2 is 2.04 bits per heavy atom. The van der Waals surface area contributed by atoms with Crippen LogP contribution >= 0.6 is 11.6 Å². The van der Waals surface area contributed by atoms with Crippen LogP contribution in [0.4, 0.5) is 11.6 Å². The van der Waals surface area contributed by atoms with Gasteiger partial charge in [-0.3, -0.25) is 9.59 Å². The maximum Gasteiger partial charge on any atom is 0.263 e. The summed E-state index contributed by atoms with van der Waals surface area (Å²) in [5, 5.41) is 5.83. The predicted molar refractivity (Wildman–Crippen MR) is 87.5 cm³/mol. The average Bonchev–Trinajstić information content (AvgIpc) is 2.54. The van der Waals surface area contributed by atoms with E-state index in [1.165, 1.54) is 6.08 Å². The summed E-state index contributed by atoms with van der Waals surface area (Å²) in [6.45, 7) is -0.0375. The number of benzene rings is 1. The number of fused-ring (bicyclic) bond motifs is 1. The molecule has 0 saturated carbocycles. The number of amides is 2. The molecular weight excluding hydrogens is 318 g/mol. The molecule has 2 amide bonds. The van der Waals surface area contributed by atoms with Crippen LogP contribution in [0.2, 0.25) is 5.02 Å². The van der Waals surface area contributed by atoms with Crippen molar-refractivity contribution in [3.63, 3.8) is 0 Å². The van der Waals surface area contributed by atoms with E-state index in [0.717, 1.165) is 5.56 Å². The second-order valence-electron chi connectivity index (χ2n) is 4.75. The molecule has 3 rings (SSSR count). The molecule has 0 saturated heterocycles. The Hall–Kier alpha value is -2.86. The molecule has 23 heavy (non-hydrogen) atoms. The third kappa shape index (κ3) is 3.87. The number of hydrogen-bond acceptors (Lipinski definition) is 4. The first-order valence-corrected chi connectivity index (χ1v) is 7.16. The van der Waals surface area contributed by atoms with Crippen molar-refractivity contribution in [2.24, 2.45) is 0 Å². The van der Waals surface area contributed by atoms with Gasteiger partial charge in [-0.2, -0.15) is 0 Å². The summed E-state index contributed by atoms with van der Waals surface area (Å²) >= 11 is 5.80. The van der Waals surface area contributed by atoms with Crippen molar-refractivity contribution in [1.29, 1.82) is 0 Å². The molecule has 2 aromatic rings. The van der Waals surface area contributed by atoms with Gasteiger partial charge in [0.25, 0.3) is 5.91 Å². The molecule has 0 fully saturated rings. The number of nitrogens with one attached hydrogen (secondary N) is 2. The van der Waals surface area contributed by atoms with Crippen molar-refractivity contribution < 1.29 is 14.3 Å². The molecule has 2 N–H and O–H groups in total. The normalized spacial score (nSPS) is 13.2. The highest BCUT2D eigenvalue weighted by molar-refractivity contribution is 6.30. The maximum absolute atomic E-state index is 11.9. The minimum Gasteiger partial charge on any atom is -0.480 e. The number of carbonyl (C=O) groups excluding carboxylic acids is 2. The first-order chi connectivity index (χ1) is 11.1. The zero-order valence-corrected chi connectivity index (χ0v) is 12.6. The third-order valence-corrected chi connectivity index (χ3v) is 3.28. The van der Waals surface area contributed by atoms with Gasteiger partial charge in [-0.05, 0) is 35.9 Å². The highest BCUT2D eigenvalue weighted by Gasteiger charge is 2.17. The molecule has 7 heteroatoms. The summed E-state index contributed by atoms with van der Waals surface area (Å²) < 4.78 is 5.20. The Labute approximate surface area is 137 Å². The number of ether oxygens (including phenoxy) is 1. The van der Waals surface area contributed by atoms with Crippen LogP contribution in [0.25, 0.3) is 6.08 Å². The molecule has 0 aliphatic carbocycles. The van der Waals surface area contributed by atoms with E-state index >= 15 is 0 Å². The highest BCUT2D eigenvalue weighted by Crippen LogP contribution is 2.26. The quantitative estimate of drug-likeness (QED) is 0.848. The first-order valence-electron chi connectivity index (χ1n) is 6.78. The molecule has 1 aromatic heterocycles. The fraction of sp³-hybridized carbons (Fsp3) is 0.0625. The largest absolute Gasteiger partial charge is 0.480 e. The molecule has 0 atom stereocenters. The van der Waals surface area contributed by atoms with Crippen LogP contribution in [0.5, 0.6) is 5.75 Å². The van der Waals surface area contributed by atoms with E-state index < -0.39 is 0 Å². The molecule has 6 nitrogen and oxygen atoms in total. The van der Waals surface area contributed by atoms with Gasteiger partial charge in [0.15, 0.2) is 18.2 Å². The average molecular weight is 330 g/mol. The van der Waals surface area contributed by atoms with Crippen LogP contribution in [0, 0.1) is 0 Å². The van der Waals surface area contributed by atoms with Crippen LogP contribution < -0.4 is 15.4 Å². The number of rotatable bonds is 3. The zero-order valence-electron chi connectivity index (χ0n) is 11.9. The van der Waals surface area contributed by atoms with Crippen molar-refractivity contribution in [2.75, 3.05) is 17.2 Å². The Kier molecular flexibility index (Phi) is 4.25. The number of hydrogen-bond donors (Lipinski definition) is 2. The van der Waals surface area contributed by atoms with Gasteiger partial charge in [0.1, 0.15) is 5.82 Å². The Morgan fingerprint density at radius 3 is 2.83 bits per heavy atom. The van der Waals surface area contributed by atoms with E-state index in [1.54, 1.807) is 42.5 Å². The van der Waals surface area contributed by atoms with E-state index in [2.05, 4.69) is 15.6 Å². The second-order valence-corrected chi connectivity index (χ2v) is 5.19. The minimum atomic E-state index is -0.338. The van der Waals surface area contributed by atoms with Crippen molar-refractivity contribution >= 4 is 41.1 Å². The van der Waals surface area contributed by atoms with Gasteiger partial charge < -0.3 is 15.4 Å². The van der Waals surface area contributed by atoms with Crippen LogP contribution in [-0.2, 0) is 9.59 Å². The molecule has 0 unspecified atom stereocenters. The molecule has 2 heterocycles. The van der Waals surface area contributed by atoms with Gasteiger partial charge in [0.05, 0.1) is 0 Å². The Morgan fingerprint density at radius 1 is 1.26 bits per heavy atom. The molecule has 116 valence electrons. The predicted octanol–water partition coefficient (Wildman–Crippen LogP) is 2.72. The number of anilines is 2. The summed E-state index contributed by atoms with van der Waals surface area (Å²) in [6, 6.07) is 10.3. The van der Waals surface area contributed by atoms with Crippen LogP contribution in [0.15, 0.2) is 42.5 Å². The smallest absolute Gasteiger partial charge is 0.263 e. The number of carbonyl (C=O) groups is 2.